The maximum Gasteiger partial charge on any atom is 0.253 e. The van der Waals surface area contributed by atoms with Crippen LogP contribution in [0.3, 0.4) is 0 Å². The molecule has 2 N–H and O–H groups in total. The van der Waals surface area contributed by atoms with Gasteiger partial charge in [-0.25, -0.2) is 0 Å². The number of ether oxygens (including phenoxy) is 1. The van der Waals surface area contributed by atoms with Crippen molar-refractivity contribution in [2.75, 3.05) is 32.8 Å². The number of hydrogen-bond donors (Lipinski definition) is 2. The van der Waals surface area contributed by atoms with Crippen molar-refractivity contribution in [3.05, 3.63) is 12.2 Å². The van der Waals surface area contributed by atoms with Crippen LogP contribution in [-0.4, -0.2) is 61.4 Å². The lowest BCUT2D eigenvalue weighted by molar-refractivity contribution is -0.138. The molecule has 1 aliphatic carbocycles. The minimum Gasteiger partial charge on any atom is -0.378 e. The molecule has 2 aliphatic rings. The summed E-state index contributed by atoms with van der Waals surface area (Å²) in [6.45, 7) is 4.17. The van der Waals surface area contributed by atoms with E-state index in [2.05, 4.69) is 10.6 Å². The maximum atomic E-state index is 12.3. The van der Waals surface area contributed by atoms with E-state index < -0.39 is 0 Å². The molecule has 0 spiro atoms. The molecule has 1 saturated carbocycles. The van der Waals surface area contributed by atoms with Gasteiger partial charge in [-0.05, 0) is 38.0 Å². The number of carbonyl (C=O) groups is 4. The lowest BCUT2D eigenvalue weighted by Gasteiger charge is -2.30. The Morgan fingerprint density at radius 2 is 1.64 bits per heavy atom. The quantitative estimate of drug-likeness (QED) is 0.398. The van der Waals surface area contributed by atoms with E-state index in [1.165, 1.54) is 17.1 Å². The zero-order chi connectivity index (χ0) is 20.4. The van der Waals surface area contributed by atoms with Gasteiger partial charge in [0.15, 0.2) is 0 Å². The van der Waals surface area contributed by atoms with Crippen molar-refractivity contribution in [1.29, 1.82) is 0 Å². The first-order chi connectivity index (χ1) is 13.5. The van der Waals surface area contributed by atoms with E-state index in [9.17, 15) is 19.2 Å². The molecule has 2 rings (SSSR count). The Kier molecular flexibility index (Phi) is 9.13. The third kappa shape index (κ3) is 7.07. The minimum atomic E-state index is -0.241. The van der Waals surface area contributed by atoms with Crippen LogP contribution in [0.4, 0.5) is 0 Å². The fourth-order valence-electron chi connectivity index (χ4n) is 3.55. The average molecular weight is 393 g/mol. The van der Waals surface area contributed by atoms with Gasteiger partial charge < -0.3 is 15.4 Å². The van der Waals surface area contributed by atoms with Crippen LogP contribution in [0.5, 0.6) is 0 Å². The topological polar surface area (TPSA) is 105 Å². The average Bonchev–Trinajstić information content (AvgIpc) is 3.00. The predicted octanol–water partition coefficient (Wildman–Crippen LogP) is 0.767. The number of hydrogen-bond acceptors (Lipinski definition) is 5. The summed E-state index contributed by atoms with van der Waals surface area (Å²) in [5.74, 6) is -0.168. The summed E-state index contributed by atoms with van der Waals surface area (Å²) in [4.78, 5) is 48.1. The molecule has 0 radical (unpaired) electrons. The molecule has 0 aromatic rings. The summed E-state index contributed by atoms with van der Waals surface area (Å²) in [6, 6.07) is 0. The van der Waals surface area contributed by atoms with Crippen LogP contribution in [0.15, 0.2) is 12.2 Å². The van der Waals surface area contributed by atoms with E-state index in [-0.39, 0.29) is 35.5 Å². The highest BCUT2D eigenvalue weighted by atomic mass is 16.5. The van der Waals surface area contributed by atoms with E-state index in [1.54, 1.807) is 0 Å². The largest absolute Gasteiger partial charge is 0.378 e. The van der Waals surface area contributed by atoms with Gasteiger partial charge in [0.05, 0.1) is 13.2 Å². The van der Waals surface area contributed by atoms with Gasteiger partial charge in [0, 0.05) is 44.1 Å². The van der Waals surface area contributed by atoms with Gasteiger partial charge in [0.1, 0.15) is 0 Å². The van der Waals surface area contributed by atoms with Crippen LogP contribution in [0.2, 0.25) is 0 Å². The van der Waals surface area contributed by atoms with Crippen molar-refractivity contribution in [3.8, 4) is 0 Å². The highest BCUT2D eigenvalue weighted by molar-refractivity contribution is 6.12. The first-order valence-electron chi connectivity index (χ1n) is 10.2. The van der Waals surface area contributed by atoms with Crippen molar-refractivity contribution >= 4 is 23.6 Å². The third-order valence-electron chi connectivity index (χ3n) is 5.15. The van der Waals surface area contributed by atoms with Crippen molar-refractivity contribution in [1.82, 2.24) is 15.5 Å². The molecule has 8 heteroatoms. The molecule has 4 amide bonds. The van der Waals surface area contributed by atoms with Gasteiger partial charge in [0.25, 0.3) is 11.8 Å². The third-order valence-corrected chi connectivity index (χ3v) is 5.15. The molecular weight excluding hydrogens is 362 g/mol. The fourth-order valence-corrected chi connectivity index (χ4v) is 3.55. The molecular formula is C20H31N3O5. The SMILES string of the molecule is CCCC(=O)NCCOCCNC(=O)C1CCC(CN2C(=O)C=CC2=O)CC1. The molecule has 8 nitrogen and oxygen atoms in total. The number of amides is 4. The van der Waals surface area contributed by atoms with Crippen LogP contribution in [0.1, 0.15) is 45.4 Å². The molecule has 0 atom stereocenters. The molecule has 28 heavy (non-hydrogen) atoms. The first-order valence-corrected chi connectivity index (χ1v) is 10.2. The lowest BCUT2D eigenvalue weighted by atomic mass is 9.81. The van der Waals surface area contributed by atoms with Crippen LogP contribution in [0, 0.1) is 11.8 Å². The van der Waals surface area contributed by atoms with E-state index in [0.29, 0.717) is 39.3 Å². The Morgan fingerprint density at radius 1 is 1.04 bits per heavy atom. The van der Waals surface area contributed by atoms with E-state index in [0.717, 1.165) is 32.1 Å². The zero-order valence-corrected chi connectivity index (χ0v) is 16.6. The van der Waals surface area contributed by atoms with Crippen molar-refractivity contribution in [3.63, 3.8) is 0 Å². The normalized spacial score (nSPS) is 21.8. The molecule has 1 aliphatic heterocycles. The molecule has 0 unspecified atom stereocenters. The monoisotopic (exact) mass is 393 g/mol. The van der Waals surface area contributed by atoms with Gasteiger partial charge in [-0.1, -0.05) is 6.92 Å². The zero-order valence-electron chi connectivity index (χ0n) is 16.6. The van der Waals surface area contributed by atoms with Crippen LogP contribution < -0.4 is 10.6 Å². The Hall–Kier alpha value is -2.22. The number of nitrogens with one attached hydrogen (secondary N) is 2. The highest BCUT2D eigenvalue weighted by Gasteiger charge is 2.31. The molecule has 0 bridgehead atoms. The Labute approximate surface area is 166 Å². The predicted molar refractivity (Wildman–Crippen MR) is 103 cm³/mol. The fraction of sp³-hybridized carbons (Fsp3) is 0.700. The maximum absolute atomic E-state index is 12.3. The molecule has 156 valence electrons. The molecule has 0 saturated heterocycles. The van der Waals surface area contributed by atoms with Crippen molar-refractivity contribution < 1.29 is 23.9 Å². The van der Waals surface area contributed by atoms with E-state index in [1.807, 2.05) is 6.92 Å². The number of carbonyl (C=O) groups excluding carboxylic acids is 4. The summed E-state index contributed by atoms with van der Waals surface area (Å²) < 4.78 is 5.41. The van der Waals surface area contributed by atoms with Gasteiger partial charge in [0.2, 0.25) is 11.8 Å². The summed E-state index contributed by atoms with van der Waals surface area (Å²) in [5, 5.41) is 5.66. The molecule has 1 fully saturated rings. The van der Waals surface area contributed by atoms with Crippen LogP contribution in [-0.2, 0) is 23.9 Å². The second-order valence-electron chi connectivity index (χ2n) is 7.34. The number of nitrogens with zero attached hydrogens (tertiary/aromatic N) is 1. The summed E-state index contributed by atoms with van der Waals surface area (Å²) >= 11 is 0. The standard InChI is InChI=1S/C20H31N3O5/c1-2-3-17(24)21-10-12-28-13-11-22-20(27)16-6-4-15(5-7-16)14-23-18(25)8-9-19(23)26/h8-9,15-16H,2-7,10-14H2,1H3,(H,21,24)(H,22,27). The Balaban J connectivity index is 1.52. The van der Waals surface area contributed by atoms with Crippen LogP contribution in [0.25, 0.3) is 0 Å². The van der Waals surface area contributed by atoms with Gasteiger partial charge in [-0.2, -0.15) is 0 Å². The summed E-state index contributed by atoms with van der Waals surface area (Å²) in [6.07, 6.45) is 7.18. The number of imide groups is 1. The second-order valence-corrected chi connectivity index (χ2v) is 7.34. The Morgan fingerprint density at radius 3 is 2.25 bits per heavy atom. The van der Waals surface area contributed by atoms with Gasteiger partial charge in [-0.15, -0.1) is 0 Å². The smallest absolute Gasteiger partial charge is 0.253 e. The number of rotatable bonds is 11. The molecule has 1 heterocycles. The van der Waals surface area contributed by atoms with E-state index >= 15 is 0 Å². The first kappa shape index (κ1) is 22.1. The van der Waals surface area contributed by atoms with Gasteiger partial charge >= 0.3 is 0 Å². The summed E-state index contributed by atoms with van der Waals surface area (Å²) in [5.41, 5.74) is 0. The summed E-state index contributed by atoms with van der Waals surface area (Å²) in [7, 11) is 0. The van der Waals surface area contributed by atoms with Crippen molar-refractivity contribution in [2.24, 2.45) is 11.8 Å². The highest BCUT2D eigenvalue weighted by Crippen LogP contribution is 2.30. The van der Waals surface area contributed by atoms with Gasteiger partial charge in [-0.3, -0.25) is 24.1 Å². The van der Waals surface area contributed by atoms with Crippen molar-refractivity contribution in [2.45, 2.75) is 45.4 Å². The second kappa shape index (κ2) is 11.6. The molecule has 0 aromatic carbocycles. The van der Waals surface area contributed by atoms with Crippen LogP contribution >= 0.6 is 0 Å². The molecule has 0 aromatic heterocycles. The minimum absolute atomic E-state index is 0.0207. The lowest BCUT2D eigenvalue weighted by Crippen LogP contribution is -2.39. The Bertz CT molecular complexity index is 579. The van der Waals surface area contributed by atoms with E-state index in [4.69, 9.17) is 4.74 Å².